The van der Waals surface area contributed by atoms with Crippen LogP contribution in [0.2, 0.25) is 5.02 Å². The van der Waals surface area contributed by atoms with Crippen LogP contribution in [-0.2, 0) is 17.1 Å². The Morgan fingerprint density at radius 3 is 2.58 bits per heavy atom. The number of rotatable bonds is 4. The second-order valence-corrected chi connectivity index (χ2v) is 9.37. The van der Waals surface area contributed by atoms with Crippen LogP contribution in [0, 0.1) is 0 Å². The summed E-state index contributed by atoms with van der Waals surface area (Å²) in [6.07, 6.45) is 1.42. The topological polar surface area (TPSA) is 75.5 Å². The minimum atomic E-state index is -3.85. The maximum absolute atomic E-state index is 13.0. The molecule has 3 aromatic rings. The van der Waals surface area contributed by atoms with Crippen LogP contribution in [0.25, 0.3) is 10.2 Å². The lowest BCUT2D eigenvalue weighted by atomic mass is 10.3. The quantitative estimate of drug-likeness (QED) is 0.660. The van der Waals surface area contributed by atoms with Crippen molar-refractivity contribution >= 4 is 54.2 Å². The molecule has 0 radical (unpaired) electrons. The van der Waals surface area contributed by atoms with E-state index in [1.54, 1.807) is 39.3 Å². The SMILES string of the molecule is CN(C)C(=O)c1cc(S(=O)(=O)N(C)c2nc3cc(Cl)ccc3s2)cn1C. The van der Waals surface area contributed by atoms with Gasteiger partial charge in [0, 0.05) is 39.4 Å². The number of fused-ring (bicyclic) bond motifs is 1. The molecule has 0 spiro atoms. The third-order valence-corrected chi connectivity index (χ3v) is 7.05. The third-order valence-electron chi connectivity index (χ3n) is 3.87. The number of benzene rings is 1. The molecular formula is C16H17ClN4O3S2. The molecule has 0 aliphatic carbocycles. The first-order valence-corrected chi connectivity index (χ1v) is 10.2. The van der Waals surface area contributed by atoms with Gasteiger partial charge in [-0.3, -0.25) is 4.79 Å². The van der Waals surface area contributed by atoms with Crippen LogP contribution in [0.5, 0.6) is 0 Å². The van der Waals surface area contributed by atoms with Gasteiger partial charge in [-0.05, 0) is 24.3 Å². The fourth-order valence-corrected chi connectivity index (χ4v) is 4.90. The maximum Gasteiger partial charge on any atom is 0.269 e. The second-order valence-electron chi connectivity index (χ2n) is 5.95. The van der Waals surface area contributed by atoms with Gasteiger partial charge in [0.1, 0.15) is 10.6 Å². The standard InChI is InChI=1S/C16H17ClN4O3S2/c1-19(2)15(22)13-8-11(9-20(13)3)26(23,24)21(4)16-18-12-7-10(17)5-6-14(12)25-16/h5-9H,1-4H3. The van der Waals surface area contributed by atoms with Gasteiger partial charge in [-0.25, -0.2) is 17.7 Å². The summed E-state index contributed by atoms with van der Waals surface area (Å²) in [7, 11) is 2.45. The fraction of sp³-hybridized carbons (Fsp3) is 0.250. The van der Waals surface area contributed by atoms with Gasteiger partial charge < -0.3 is 9.47 Å². The third kappa shape index (κ3) is 3.17. The molecule has 26 heavy (non-hydrogen) atoms. The van der Waals surface area contributed by atoms with Crippen molar-refractivity contribution in [3.05, 3.63) is 41.2 Å². The van der Waals surface area contributed by atoms with E-state index in [-0.39, 0.29) is 16.5 Å². The van der Waals surface area contributed by atoms with E-state index in [4.69, 9.17) is 11.6 Å². The van der Waals surface area contributed by atoms with Crippen molar-refractivity contribution in [2.75, 3.05) is 25.4 Å². The van der Waals surface area contributed by atoms with Gasteiger partial charge in [0.05, 0.1) is 10.2 Å². The Balaban J connectivity index is 2.01. The number of aromatic nitrogens is 2. The zero-order chi connectivity index (χ0) is 19.2. The molecule has 2 heterocycles. The van der Waals surface area contributed by atoms with Crippen molar-refractivity contribution in [3.63, 3.8) is 0 Å². The normalized spacial score (nSPS) is 11.7. The smallest absolute Gasteiger partial charge is 0.269 e. The zero-order valence-electron chi connectivity index (χ0n) is 14.6. The summed E-state index contributed by atoms with van der Waals surface area (Å²) in [4.78, 5) is 18.0. The highest BCUT2D eigenvalue weighted by Gasteiger charge is 2.27. The molecule has 7 nitrogen and oxygen atoms in total. The minimum Gasteiger partial charge on any atom is -0.345 e. The first-order valence-electron chi connectivity index (χ1n) is 7.54. The highest BCUT2D eigenvalue weighted by atomic mass is 35.5. The molecule has 0 unspecified atom stereocenters. The number of carbonyl (C=O) groups is 1. The number of anilines is 1. The maximum atomic E-state index is 13.0. The number of sulfonamides is 1. The van der Waals surface area contributed by atoms with Crippen molar-refractivity contribution in [1.29, 1.82) is 0 Å². The van der Waals surface area contributed by atoms with Crippen LogP contribution in [-0.4, -0.2) is 49.9 Å². The van der Waals surface area contributed by atoms with Crippen molar-refractivity contribution in [1.82, 2.24) is 14.5 Å². The average Bonchev–Trinajstić information content (AvgIpc) is 3.16. The van der Waals surface area contributed by atoms with E-state index in [1.165, 1.54) is 40.1 Å². The van der Waals surface area contributed by atoms with Crippen LogP contribution >= 0.6 is 22.9 Å². The highest BCUT2D eigenvalue weighted by molar-refractivity contribution is 7.93. The van der Waals surface area contributed by atoms with Gasteiger partial charge in [-0.1, -0.05) is 22.9 Å². The number of hydrogen-bond donors (Lipinski definition) is 0. The predicted molar refractivity (Wildman–Crippen MR) is 104 cm³/mol. The first-order chi connectivity index (χ1) is 12.1. The van der Waals surface area contributed by atoms with Crippen molar-refractivity contribution in [2.45, 2.75) is 4.90 Å². The highest BCUT2D eigenvalue weighted by Crippen LogP contribution is 2.32. The molecule has 3 rings (SSSR count). The zero-order valence-corrected chi connectivity index (χ0v) is 17.0. The summed E-state index contributed by atoms with van der Waals surface area (Å²) < 4.78 is 29.4. The number of amides is 1. The molecule has 2 aromatic heterocycles. The molecule has 0 saturated heterocycles. The van der Waals surface area contributed by atoms with Crippen molar-refractivity contribution in [3.8, 4) is 0 Å². The number of nitrogens with zero attached hydrogens (tertiary/aromatic N) is 4. The van der Waals surface area contributed by atoms with Gasteiger partial charge >= 0.3 is 0 Å². The van der Waals surface area contributed by atoms with Crippen LogP contribution in [0.4, 0.5) is 5.13 Å². The van der Waals surface area contributed by atoms with E-state index in [1.807, 2.05) is 0 Å². The average molecular weight is 413 g/mol. The molecule has 0 aliphatic rings. The first kappa shape index (κ1) is 18.7. The second kappa shape index (κ2) is 6.57. The Morgan fingerprint density at radius 1 is 1.23 bits per heavy atom. The Kier molecular flexibility index (Phi) is 4.72. The Morgan fingerprint density at radius 2 is 1.92 bits per heavy atom. The minimum absolute atomic E-state index is 0.0324. The lowest BCUT2D eigenvalue weighted by Crippen LogP contribution is -2.26. The summed E-state index contributed by atoms with van der Waals surface area (Å²) >= 11 is 7.22. The number of aryl methyl sites for hydroxylation is 1. The molecule has 0 saturated carbocycles. The van der Waals surface area contributed by atoms with Gasteiger partial charge in [0.15, 0.2) is 5.13 Å². The van der Waals surface area contributed by atoms with Crippen LogP contribution < -0.4 is 4.31 Å². The number of halogens is 1. The van der Waals surface area contributed by atoms with E-state index >= 15 is 0 Å². The van der Waals surface area contributed by atoms with Gasteiger partial charge in [0.25, 0.3) is 15.9 Å². The van der Waals surface area contributed by atoms with E-state index in [0.29, 0.717) is 15.7 Å². The van der Waals surface area contributed by atoms with E-state index in [0.717, 1.165) is 9.01 Å². The molecular weight excluding hydrogens is 396 g/mol. The van der Waals surface area contributed by atoms with Crippen molar-refractivity contribution in [2.24, 2.45) is 7.05 Å². The predicted octanol–water partition coefficient (Wildman–Crippen LogP) is 2.82. The van der Waals surface area contributed by atoms with Crippen molar-refractivity contribution < 1.29 is 13.2 Å². The Labute approximate surface area is 160 Å². The molecule has 138 valence electrons. The molecule has 0 N–H and O–H groups in total. The summed E-state index contributed by atoms with van der Waals surface area (Å²) in [5, 5.41) is 0.862. The number of hydrogen-bond acceptors (Lipinski definition) is 5. The molecule has 10 heteroatoms. The van der Waals surface area contributed by atoms with E-state index in [2.05, 4.69) is 4.98 Å². The Bertz CT molecular complexity index is 1100. The largest absolute Gasteiger partial charge is 0.345 e. The molecule has 1 aromatic carbocycles. The monoisotopic (exact) mass is 412 g/mol. The molecule has 0 aliphatic heterocycles. The molecule has 1 amide bonds. The Hall–Kier alpha value is -2.10. The summed E-state index contributed by atoms with van der Waals surface area (Å²) in [5.74, 6) is -0.272. The van der Waals surface area contributed by atoms with Crippen LogP contribution in [0.15, 0.2) is 35.4 Å². The summed E-state index contributed by atoms with van der Waals surface area (Å²) in [6.45, 7) is 0. The number of thiazole rings is 1. The summed E-state index contributed by atoms with van der Waals surface area (Å²) in [6, 6.07) is 6.60. The molecule has 0 bridgehead atoms. The van der Waals surface area contributed by atoms with Gasteiger partial charge in [0.2, 0.25) is 0 Å². The molecule has 0 fully saturated rings. The fourth-order valence-electron chi connectivity index (χ4n) is 2.40. The summed E-state index contributed by atoms with van der Waals surface area (Å²) in [5.41, 5.74) is 0.925. The number of carbonyl (C=O) groups excluding carboxylic acids is 1. The molecule has 0 atom stereocenters. The van der Waals surface area contributed by atoms with Gasteiger partial charge in [-0.15, -0.1) is 0 Å². The lowest BCUT2D eigenvalue weighted by molar-refractivity contribution is 0.0818. The lowest BCUT2D eigenvalue weighted by Gasteiger charge is -2.14. The van der Waals surface area contributed by atoms with E-state index in [9.17, 15) is 13.2 Å². The van der Waals surface area contributed by atoms with Crippen LogP contribution in [0.3, 0.4) is 0 Å². The van der Waals surface area contributed by atoms with Crippen LogP contribution in [0.1, 0.15) is 10.5 Å². The van der Waals surface area contributed by atoms with Gasteiger partial charge in [-0.2, -0.15) is 0 Å². The van der Waals surface area contributed by atoms with E-state index < -0.39 is 10.0 Å².